The monoisotopic (exact) mass is 439 g/mol. The molecule has 2 fully saturated rings. The minimum Gasteiger partial charge on any atom is -0.497 e. The number of carbonyl (C=O) groups excluding carboxylic acids is 1. The van der Waals surface area contributed by atoms with Crippen LogP contribution in [0.5, 0.6) is 5.75 Å². The molecule has 2 aliphatic heterocycles. The van der Waals surface area contributed by atoms with Crippen LogP contribution in [-0.4, -0.2) is 47.7 Å². The van der Waals surface area contributed by atoms with Gasteiger partial charge in [-0.2, -0.15) is 0 Å². The smallest absolute Gasteiger partial charge is 0.254 e. The van der Waals surface area contributed by atoms with Gasteiger partial charge in [0, 0.05) is 41.6 Å². The molecule has 31 heavy (non-hydrogen) atoms. The Morgan fingerprint density at radius 2 is 1.74 bits per heavy atom. The van der Waals surface area contributed by atoms with Crippen LogP contribution in [0.4, 0.5) is 0 Å². The van der Waals surface area contributed by atoms with E-state index in [-0.39, 0.29) is 24.4 Å². The molecule has 0 saturated carbocycles. The summed E-state index contributed by atoms with van der Waals surface area (Å²) in [5, 5.41) is 4.38. The Balaban J connectivity index is 0.00000231. The second-order valence-electron chi connectivity index (χ2n) is 8.72. The van der Waals surface area contributed by atoms with E-state index in [4.69, 9.17) is 4.74 Å². The standard InChI is InChI=1S/C25H29N3O2.ClH/c1-27-18-11-12-19(27)15-17(14-18)26-25(29)23-21-9-4-5-10-22(21)28(2)24(23)16-7-6-8-20(13-16)30-3;/h4-10,13,17-19H,11-12,14-15H2,1-3H3,(H,26,29);1H/t17?,18-,19+;. The first-order chi connectivity index (χ1) is 14.6. The number of piperidine rings is 1. The number of nitrogens with zero attached hydrogens (tertiary/aromatic N) is 2. The number of hydrogen-bond donors (Lipinski definition) is 1. The van der Waals surface area contributed by atoms with Crippen molar-refractivity contribution in [1.82, 2.24) is 14.8 Å². The van der Waals surface area contributed by atoms with E-state index in [0.717, 1.165) is 46.3 Å². The fraction of sp³-hybridized carbons (Fsp3) is 0.400. The van der Waals surface area contributed by atoms with Gasteiger partial charge in [-0.05, 0) is 50.9 Å². The Morgan fingerprint density at radius 3 is 2.45 bits per heavy atom. The molecule has 3 aromatic rings. The van der Waals surface area contributed by atoms with Crippen LogP contribution in [0.15, 0.2) is 48.5 Å². The molecule has 3 atom stereocenters. The van der Waals surface area contributed by atoms with Gasteiger partial charge in [-0.3, -0.25) is 4.79 Å². The number of hydrogen-bond acceptors (Lipinski definition) is 3. The predicted octanol–water partition coefficient (Wildman–Crippen LogP) is 4.63. The first-order valence-corrected chi connectivity index (χ1v) is 10.8. The van der Waals surface area contributed by atoms with Crippen molar-refractivity contribution in [2.45, 2.75) is 43.8 Å². The molecule has 164 valence electrons. The lowest BCUT2D eigenvalue weighted by atomic mass is 9.97. The summed E-state index contributed by atoms with van der Waals surface area (Å²) < 4.78 is 7.56. The quantitative estimate of drug-likeness (QED) is 0.644. The number of halogens is 1. The number of para-hydroxylation sites is 1. The summed E-state index contributed by atoms with van der Waals surface area (Å²) in [5.74, 6) is 0.814. The number of nitrogens with one attached hydrogen (secondary N) is 1. The van der Waals surface area contributed by atoms with Crippen LogP contribution in [-0.2, 0) is 7.05 Å². The number of aryl methyl sites for hydroxylation is 1. The Bertz CT molecular complexity index is 1100. The largest absolute Gasteiger partial charge is 0.497 e. The van der Waals surface area contributed by atoms with Crippen molar-refractivity contribution in [2.24, 2.45) is 7.05 Å². The summed E-state index contributed by atoms with van der Waals surface area (Å²) in [6.07, 6.45) is 4.57. The Hall–Kier alpha value is -2.50. The van der Waals surface area contributed by atoms with E-state index in [0.29, 0.717) is 12.1 Å². The van der Waals surface area contributed by atoms with Crippen LogP contribution in [0.25, 0.3) is 22.2 Å². The average molecular weight is 440 g/mol. The van der Waals surface area contributed by atoms with E-state index in [1.165, 1.54) is 12.8 Å². The van der Waals surface area contributed by atoms with Crippen molar-refractivity contribution in [3.8, 4) is 17.0 Å². The van der Waals surface area contributed by atoms with Gasteiger partial charge in [0.25, 0.3) is 5.91 Å². The Morgan fingerprint density at radius 1 is 1.03 bits per heavy atom. The lowest BCUT2D eigenvalue weighted by Gasteiger charge is -2.36. The molecule has 1 N–H and O–H groups in total. The molecule has 0 spiro atoms. The fourth-order valence-electron chi connectivity index (χ4n) is 5.52. The van der Waals surface area contributed by atoms with Crippen LogP contribution in [0, 0.1) is 0 Å². The molecule has 1 amide bonds. The minimum absolute atomic E-state index is 0. The van der Waals surface area contributed by atoms with E-state index < -0.39 is 0 Å². The van der Waals surface area contributed by atoms with Gasteiger partial charge in [0.1, 0.15) is 5.75 Å². The van der Waals surface area contributed by atoms with Crippen LogP contribution < -0.4 is 10.1 Å². The molecule has 2 aliphatic rings. The van der Waals surface area contributed by atoms with Gasteiger partial charge >= 0.3 is 0 Å². The molecule has 0 aliphatic carbocycles. The zero-order valence-corrected chi connectivity index (χ0v) is 19.1. The third-order valence-electron chi connectivity index (χ3n) is 7.11. The summed E-state index contributed by atoms with van der Waals surface area (Å²) >= 11 is 0. The van der Waals surface area contributed by atoms with Gasteiger partial charge in [0.15, 0.2) is 0 Å². The second kappa shape index (κ2) is 8.56. The maximum atomic E-state index is 13.6. The van der Waals surface area contributed by atoms with E-state index in [2.05, 4.69) is 27.9 Å². The summed E-state index contributed by atoms with van der Waals surface area (Å²) in [7, 11) is 5.93. The minimum atomic E-state index is 0. The SMILES string of the molecule is COc1cccc(-c2c(C(=O)NC3C[C@H]4CC[C@@H](C3)N4C)c3ccccc3n2C)c1.Cl. The highest BCUT2D eigenvalue weighted by molar-refractivity contribution is 6.13. The van der Waals surface area contributed by atoms with Crippen LogP contribution in [0.1, 0.15) is 36.0 Å². The van der Waals surface area contributed by atoms with Crippen molar-refractivity contribution in [1.29, 1.82) is 0 Å². The molecule has 2 aromatic carbocycles. The Labute approximate surface area is 189 Å². The second-order valence-corrected chi connectivity index (χ2v) is 8.72. The van der Waals surface area contributed by atoms with Crippen LogP contribution >= 0.6 is 12.4 Å². The average Bonchev–Trinajstić information content (AvgIpc) is 3.15. The van der Waals surface area contributed by atoms with Gasteiger partial charge in [0.05, 0.1) is 18.4 Å². The van der Waals surface area contributed by atoms with Gasteiger partial charge < -0.3 is 19.5 Å². The number of methoxy groups -OCH3 is 1. The third-order valence-corrected chi connectivity index (χ3v) is 7.11. The van der Waals surface area contributed by atoms with Gasteiger partial charge in [0.2, 0.25) is 0 Å². The molecule has 2 bridgehead atoms. The first kappa shape index (κ1) is 21.7. The van der Waals surface area contributed by atoms with Crippen molar-refractivity contribution < 1.29 is 9.53 Å². The van der Waals surface area contributed by atoms with Gasteiger partial charge in [-0.1, -0.05) is 30.3 Å². The lowest BCUT2D eigenvalue weighted by Crippen LogP contribution is -2.48. The van der Waals surface area contributed by atoms with E-state index in [9.17, 15) is 4.79 Å². The molecule has 6 heteroatoms. The number of amides is 1. The van der Waals surface area contributed by atoms with Crippen LogP contribution in [0.3, 0.4) is 0 Å². The highest BCUT2D eigenvalue weighted by Gasteiger charge is 2.39. The first-order valence-electron chi connectivity index (χ1n) is 10.8. The maximum Gasteiger partial charge on any atom is 0.254 e. The highest BCUT2D eigenvalue weighted by atomic mass is 35.5. The zero-order valence-electron chi connectivity index (χ0n) is 18.3. The molecular formula is C25H30ClN3O2. The summed E-state index contributed by atoms with van der Waals surface area (Å²) in [4.78, 5) is 16.1. The number of ether oxygens (including phenoxy) is 1. The lowest BCUT2D eigenvalue weighted by molar-refractivity contribution is 0.0884. The fourth-order valence-corrected chi connectivity index (χ4v) is 5.52. The molecule has 0 radical (unpaired) electrons. The number of benzene rings is 2. The molecular weight excluding hydrogens is 410 g/mol. The summed E-state index contributed by atoms with van der Waals surface area (Å²) in [5.41, 5.74) is 3.74. The van der Waals surface area contributed by atoms with Crippen molar-refractivity contribution in [2.75, 3.05) is 14.2 Å². The Kier molecular flexibility index (Phi) is 6.00. The molecule has 5 nitrogen and oxygen atoms in total. The third kappa shape index (κ3) is 3.70. The normalized spacial score (nSPS) is 22.9. The molecule has 2 saturated heterocycles. The number of fused-ring (bicyclic) bond motifs is 3. The number of aromatic nitrogens is 1. The van der Waals surface area contributed by atoms with E-state index in [1.54, 1.807) is 7.11 Å². The highest BCUT2D eigenvalue weighted by Crippen LogP contribution is 2.37. The van der Waals surface area contributed by atoms with Crippen molar-refractivity contribution in [3.05, 3.63) is 54.1 Å². The number of rotatable bonds is 4. The predicted molar refractivity (Wildman–Crippen MR) is 127 cm³/mol. The maximum absolute atomic E-state index is 13.6. The van der Waals surface area contributed by atoms with E-state index >= 15 is 0 Å². The molecule has 5 rings (SSSR count). The van der Waals surface area contributed by atoms with Crippen LogP contribution in [0.2, 0.25) is 0 Å². The van der Waals surface area contributed by atoms with Crippen molar-refractivity contribution >= 4 is 29.2 Å². The van der Waals surface area contributed by atoms with Crippen molar-refractivity contribution in [3.63, 3.8) is 0 Å². The zero-order chi connectivity index (χ0) is 20.8. The van der Waals surface area contributed by atoms with Gasteiger partial charge in [-0.25, -0.2) is 0 Å². The van der Waals surface area contributed by atoms with Gasteiger partial charge in [-0.15, -0.1) is 12.4 Å². The molecule has 3 heterocycles. The molecule has 1 unspecified atom stereocenters. The summed E-state index contributed by atoms with van der Waals surface area (Å²) in [6.45, 7) is 0. The number of carbonyl (C=O) groups is 1. The van der Waals surface area contributed by atoms with E-state index in [1.807, 2.05) is 49.5 Å². The topological polar surface area (TPSA) is 46.5 Å². The summed E-state index contributed by atoms with van der Waals surface area (Å²) in [6, 6.07) is 17.5. The molecule has 1 aromatic heterocycles.